The molecule has 0 atom stereocenters. The average molecular weight is 464 g/mol. The first-order valence-electron chi connectivity index (χ1n) is 12.4. The highest BCUT2D eigenvalue weighted by molar-refractivity contribution is 5.85. The number of fused-ring (bicyclic) bond motifs is 1. The van der Waals surface area contributed by atoms with Crippen LogP contribution in [0, 0.1) is 0 Å². The zero-order valence-corrected chi connectivity index (χ0v) is 20.7. The highest BCUT2D eigenvalue weighted by atomic mass is 16.5. The molecule has 1 aromatic heterocycles. The van der Waals surface area contributed by atoms with Crippen LogP contribution in [0.5, 0.6) is 5.75 Å². The quantitative estimate of drug-likeness (QED) is 0.380. The maximum Gasteiger partial charge on any atom is 0.242 e. The van der Waals surface area contributed by atoms with Crippen LogP contribution in [0.3, 0.4) is 0 Å². The molecule has 6 heteroatoms. The summed E-state index contributed by atoms with van der Waals surface area (Å²) < 4.78 is 5.55. The number of hydrogen-bond acceptors (Lipinski definition) is 3. The van der Waals surface area contributed by atoms with Crippen molar-refractivity contribution in [2.75, 3.05) is 26.2 Å². The maximum atomic E-state index is 13.4. The lowest BCUT2D eigenvalue weighted by atomic mass is 10.1. The number of para-hydroxylation sites is 1. The number of hydrogen-bond donors (Lipinski definition) is 1. The van der Waals surface area contributed by atoms with Crippen LogP contribution in [0.1, 0.15) is 51.2 Å². The van der Waals surface area contributed by atoms with E-state index in [4.69, 9.17) is 4.74 Å². The molecule has 6 nitrogen and oxygen atoms in total. The van der Waals surface area contributed by atoms with Gasteiger partial charge in [0.05, 0.1) is 13.2 Å². The van der Waals surface area contributed by atoms with Crippen molar-refractivity contribution in [1.82, 2.24) is 14.8 Å². The monoisotopic (exact) mass is 463 g/mol. The Bertz CT molecular complexity index is 1060. The minimum Gasteiger partial charge on any atom is -0.494 e. The first-order valence-corrected chi connectivity index (χ1v) is 12.4. The van der Waals surface area contributed by atoms with Gasteiger partial charge in [0.1, 0.15) is 5.75 Å². The van der Waals surface area contributed by atoms with Gasteiger partial charge in [-0.25, -0.2) is 0 Å². The maximum absolute atomic E-state index is 13.4. The number of nitrogens with zero attached hydrogens (tertiary/aromatic N) is 2. The number of H-pyrrole nitrogens is 1. The van der Waals surface area contributed by atoms with E-state index in [9.17, 15) is 9.59 Å². The van der Waals surface area contributed by atoms with E-state index in [-0.39, 0.29) is 18.4 Å². The lowest BCUT2D eigenvalue weighted by Gasteiger charge is -2.28. The molecule has 0 saturated carbocycles. The number of rotatable bonds is 13. The van der Waals surface area contributed by atoms with E-state index < -0.39 is 0 Å². The molecule has 3 aromatic rings. The number of carbonyl (C=O) groups excluding carboxylic acids is 2. The molecule has 2 aromatic carbocycles. The summed E-state index contributed by atoms with van der Waals surface area (Å²) in [6.07, 6.45) is 5.05. The molecule has 0 aliphatic rings. The summed E-state index contributed by atoms with van der Waals surface area (Å²) in [5, 5.41) is 1.18. The van der Waals surface area contributed by atoms with Crippen molar-refractivity contribution >= 4 is 22.7 Å². The van der Waals surface area contributed by atoms with E-state index >= 15 is 0 Å². The molecule has 0 bridgehead atoms. The molecule has 1 heterocycles. The second-order valence-corrected chi connectivity index (χ2v) is 8.52. The molecule has 0 spiro atoms. The van der Waals surface area contributed by atoms with Gasteiger partial charge in [-0.1, -0.05) is 50.6 Å². The van der Waals surface area contributed by atoms with Crippen molar-refractivity contribution in [2.45, 2.75) is 53.0 Å². The summed E-state index contributed by atoms with van der Waals surface area (Å²) in [5.41, 5.74) is 3.33. The summed E-state index contributed by atoms with van der Waals surface area (Å²) in [6.45, 7) is 8.34. The standard InChI is InChI=1S/C28H37N3O3/c1-4-7-17-30(27(32)5-2)21-28(33)31(20-22-12-14-24(15-13-22)34-6-3)18-16-23-19-29-26-11-9-8-10-25(23)26/h8-15,19,29H,4-7,16-18,20-21H2,1-3H3. The zero-order valence-electron chi connectivity index (χ0n) is 20.7. The predicted molar refractivity (Wildman–Crippen MR) is 137 cm³/mol. The van der Waals surface area contributed by atoms with E-state index in [2.05, 4.69) is 24.0 Å². The van der Waals surface area contributed by atoms with Gasteiger partial charge in [-0.05, 0) is 49.1 Å². The van der Waals surface area contributed by atoms with Gasteiger partial charge in [0, 0.05) is 43.2 Å². The summed E-state index contributed by atoms with van der Waals surface area (Å²) >= 11 is 0. The fourth-order valence-corrected chi connectivity index (χ4v) is 4.09. The Hall–Kier alpha value is -3.28. The largest absolute Gasteiger partial charge is 0.494 e. The minimum atomic E-state index is -0.0216. The van der Waals surface area contributed by atoms with Gasteiger partial charge in [0.2, 0.25) is 11.8 Å². The Morgan fingerprint density at radius 3 is 2.38 bits per heavy atom. The lowest BCUT2D eigenvalue weighted by Crippen LogP contribution is -2.43. The average Bonchev–Trinajstić information content (AvgIpc) is 3.28. The smallest absolute Gasteiger partial charge is 0.242 e. The molecule has 0 radical (unpaired) electrons. The number of nitrogens with one attached hydrogen (secondary N) is 1. The fraction of sp³-hybridized carbons (Fsp3) is 0.429. The summed E-state index contributed by atoms with van der Waals surface area (Å²) in [4.78, 5) is 32.8. The van der Waals surface area contributed by atoms with E-state index in [0.29, 0.717) is 32.7 Å². The second kappa shape index (κ2) is 12.8. The minimum absolute atomic E-state index is 0.0216. The molecular weight excluding hydrogens is 426 g/mol. The summed E-state index contributed by atoms with van der Waals surface area (Å²) in [7, 11) is 0. The molecule has 34 heavy (non-hydrogen) atoms. The fourth-order valence-electron chi connectivity index (χ4n) is 4.09. The molecule has 0 fully saturated rings. The Morgan fingerprint density at radius 1 is 0.912 bits per heavy atom. The summed E-state index contributed by atoms with van der Waals surface area (Å²) in [5.74, 6) is 0.827. The van der Waals surface area contributed by atoms with Gasteiger partial charge >= 0.3 is 0 Å². The van der Waals surface area contributed by atoms with Crippen LogP contribution in [0.25, 0.3) is 10.9 Å². The van der Waals surface area contributed by atoms with Crippen molar-refractivity contribution in [3.05, 3.63) is 65.9 Å². The molecule has 0 unspecified atom stereocenters. The summed E-state index contributed by atoms with van der Waals surface area (Å²) in [6, 6.07) is 16.1. The van der Waals surface area contributed by atoms with Crippen LogP contribution in [-0.2, 0) is 22.6 Å². The van der Waals surface area contributed by atoms with Crippen LogP contribution in [0.15, 0.2) is 54.7 Å². The van der Waals surface area contributed by atoms with Crippen molar-refractivity contribution in [2.24, 2.45) is 0 Å². The number of carbonyl (C=O) groups is 2. The number of ether oxygens (including phenoxy) is 1. The molecule has 0 saturated heterocycles. The van der Waals surface area contributed by atoms with Gasteiger partial charge in [-0.2, -0.15) is 0 Å². The van der Waals surface area contributed by atoms with E-state index in [1.54, 1.807) is 4.90 Å². The van der Waals surface area contributed by atoms with E-state index in [1.807, 2.05) is 61.3 Å². The van der Waals surface area contributed by atoms with Gasteiger partial charge < -0.3 is 19.5 Å². The van der Waals surface area contributed by atoms with E-state index in [0.717, 1.165) is 36.1 Å². The van der Waals surface area contributed by atoms with Crippen LogP contribution in [0.2, 0.25) is 0 Å². The van der Waals surface area contributed by atoms with Gasteiger partial charge in [-0.3, -0.25) is 9.59 Å². The topological polar surface area (TPSA) is 65.6 Å². The van der Waals surface area contributed by atoms with E-state index in [1.165, 1.54) is 10.9 Å². The third-order valence-corrected chi connectivity index (χ3v) is 6.05. The zero-order chi connectivity index (χ0) is 24.3. The van der Waals surface area contributed by atoms with Gasteiger partial charge in [-0.15, -0.1) is 0 Å². The van der Waals surface area contributed by atoms with Crippen LogP contribution < -0.4 is 4.74 Å². The molecule has 2 amide bonds. The molecule has 0 aliphatic carbocycles. The van der Waals surface area contributed by atoms with Crippen LogP contribution >= 0.6 is 0 Å². The van der Waals surface area contributed by atoms with Gasteiger partial charge in [0.15, 0.2) is 0 Å². The number of unbranched alkanes of at least 4 members (excludes halogenated alkanes) is 1. The molecule has 182 valence electrons. The molecule has 0 aliphatic heterocycles. The van der Waals surface area contributed by atoms with Gasteiger partial charge in [0.25, 0.3) is 0 Å². The van der Waals surface area contributed by atoms with Crippen LogP contribution in [0.4, 0.5) is 0 Å². The number of aromatic nitrogens is 1. The van der Waals surface area contributed by atoms with Crippen LogP contribution in [-0.4, -0.2) is 52.8 Å². The SMILES string of the molecule is CCCCN(CC(=O)N(CCc1c[nH]c2ccccc12)Cc1ccc(OCC)cc1)C(=O)CC. The number of aromatic amines is 1. The lowest BCUT2D eigenvalue weighted by molar-refractivity contribution is -0.140. The first kappa shape index (κ1) is 25.3. The van der Waals surface area contributed by atoms with Crippen molar-refractivity contribution in [1.29, 1.82) is 0 Å². The highest BCUT2D eigenvalue weighted by Crippen LogP contribution is 2.19. The molecular formula is C28H37N3O3. The molecule has 3 rings (SSSR count). The van der Waals surface area contributed by atoms with Crippen molar-refractivity contribution in [3.63, 3.8) is 0 Å². The Labute approximate surface area is 202 Å². The van der Waals surface area contributed by atoms with Crippen molar-refractivity contribution in [3.8, 4) is 5.75 Å². The Balaban J connectivity index is 1.76. The highest BCUT2D eigenvalue weighted by Gasteiger charge is 2.21. The third-order valence-electron chi connectivity index (χ3n) is 6.05. The Kier molecular flexibility index (Phi) is 9.56. The second-order valence-electron chi connectivity index (χ2n) is 8.52. The third kappa shape index (κ3) is 6.86. The predicted octanol–water partition coefficient (Wildman–Crippen LogP) is 5.18. The van der Waals surface area contributed by atoms with Crippen molar-refractivity contribution < 1.29 is 14.3 Å². The normalized spacial score (nSPS) is 10.9. The number of amides is 2. The Morgan fingerprint density at radius 2 is 1.68 bits per heavy atom. The molecule has 1 N–H and O–H groups in total. The first-order chi connectivity index (χ1) is 16.5. The number of benzene rings is 2.